The minimum absolute atomic E-state index is 0.0526. The van der Waals surface area contributed by atoms with Crippen LogP contribution in [0, 0.1) is 6.92 Å². The average Bonchev–Trinajstić information content (AvgIpc) is 1.87. The van der Waals surface area contributed by atoms with Gasteiger partial charge < -0.3 is 15.7 Å². The van der Waals surface area contributed by atoms with Crippen molar-refractivity contribution in [1.82, 2.24) is 4.90 Å². The Balaban J connectivity index is 3.61. The highest BCUT2D eigenvalue weighted by Crippen LogP contribution is 1.88. The van der Waals surface area contributed by atoms with Gasteiger partial charge in [-0.15, -0.1) is 0 Å². The molecule has 0 saturated carbocycles. The van der Waals surface area contributed by atoms with Crippen molar-refractivity contribution in [3.63, 3.8) is 0 Å². The van der Waals surface area contributed by atoms with Crippen LogP contribution in [-0.2, 0) is 0 Å². The summed E-state index contributed by atoms with van der Waals surface area (Å²) in [6.45, 7) is 4.31. The van der Waals surface area contributed by atoms with Gasteiger partial charge in [-0.05, 0) is 6.42 Å². The SMILES string of the molecule is [CH2]CCN(CCO)C(N)=O. The molecule has 0 fully saturated rings. The van der Waals surface area contributed by atoms with Crippen LogP contribution in [0.25, 0.3) is 0 Å². The van der Waals surface area contributed by atoms with Crippen LogP contribution in [0.1, 0.15) is 6.42 Å². The molecule has 1 radical (unpaired) electrons. The van der Waals surface area contributed by atoms with E-state index < -0.39 is 6.03 Å². The summed E-state index contributed by atoms with van der Waals surface area (Å²) >= 11 is 0. The van der Waals surface area contributed by atoms with E-state index in [-0.39, 0.29) is 6.61 Å². The van der Waals surface area contributed by atoms with Gasteiger partial charge in [-0.3, -0.25) is 0 Å². The van der Waals surface area contributed by atoms with E-state index in [0.29, 0.717) is 19.5 Å². The Kier molecular flexibility index (Phi) is 4.66. The van der Waals surface area contributed by atoms with E-state index in [2.05, 4.69) is 6.92 Å². The number of primary amides is 1. The van der Waals surface area contributed by atoms with Crippen LogP contribution < -0.4 is 5.73 Å². The topological polar surface area (TPSA) is 66.6 Å². The first-order chi connectivity index (χ1) is 4.72. The van der Waals surface area contributed by atoms with Crippen LogP contribution in [0.15, 0.2) is 0 Å². The third kappa shape index (κ3) is 3.29. The molecule has 0 heterocycles. The fourth-order valence-electron chi connectivity index (χ4n) is 0.644. The standard InChI is InChI=1S/C6H13N2O2/c1-2-3-8(4-5-9)6(7)10/h9H,1-5H2,(H2,7,10). The molecule has 4 heteroatoms. The zero-order chi connectivity index (χ0) is 7.98. The number of hydrogen-bond acceptors (Lipinski definition) is 2. The molecule has 0 rings (SSSR count). The first kappa shape index (κ1) is 9.23. The molecule has 0 aromatic heterocycles. The fourth-order valence-corrected chi connectivity index (χ4v) is 0.644. The fraction of sp³-hybridized carbons (Fsp3) is 0.667. The van der Waals surface area contributed by atoms with Crippen LogP contribution in [0.3, 0.4) is 0 Å². The summed E-state index contributed by atoms with van der Waals surface area (Å²) in [5, 5.41) is 8.44. The number of amides is 2. The summed E-state index contributed by atoms with van der Waals surface area (Å²) in [6, 6.07) is -0.502. The Morgan fingerprint density at radius 3 is 2.50 bits per heavy atom. The molecule has 10 heavy (non-hydrogen) atoms. The van der Waals surface area contributed by atoms with Crippen LogP contribution in [0.2, 0.25) is 0 Å². The second kappa shape index (κ2) is 5.05. The second-order valence-electron chi connectivity index (χ2n) is 1.90. The number of rotatable bonds is 4. The summed E-state index contributed by atoms with van der Waals surface area (Å²) in [7, 11) is 0. The lowest BCUT2D eigenvalue weighted by atomic mass is 10.4. The maximum absolute atomic E-state index is 10.5. The minimum atomic E-state index is -0.502. The molecule has 0 aliphatic rings. The predicted octanol–water partition coefficient (Wildman–Crippen LogP) is -0.416. The molecule has 2 amide bonds. The highest BCUT2D eigenvalue weighted by molar-refractivity contribution is 5.71. The van der Waals surface area contributed by atoms with Crippen molar-refractivity contribution in [3.05, 3.63) is 6.92 Å². The molecular formula is C6H13N2O2. The van der Waals surface area contributed by atoms with Gasteiger partial charge in [0, 0.05) is 13.1 Å². The van der Waals surface area contributed by atoms with E-state index >= 15 is 0 Å². The van der Waals surface area contributed by atoms with Gasteiger partial charge >= 0.3 is 6.03 Å². The Morgan fingerprint density at radius 2 is 2.20 bits per heavy atom. The smallest absolute Gasteiger partial charge is 0.314 e. The number of nitrogens with two attached hydrogens (primary N) is 1. The summed E-state index contributed by atoms with van der Waals surface area (Å²) in [5.74, 6) is 0. The largest absolute Gasteiger partial charge is 0.395 e. The van der Waals surface area contributed by atoms with Crippen LogP contribution >= 0.6 is 0 Å². The monoisotopic (exact) mass is 145 g/mol. The average molecular weight is 145 g/mol. The summed E-state index contributed by atoms with van der Waals surface area (Å²) in [6.07, 6.45) is 0.614. The molecule has 0 saturated heterocycles. The number of carbonyl (C=O) groups is 1. The van der Waals surface area contributed by atoms with E-state index in [1.165, 1.54) is 4.90 Å². The third-order valence-electron chi connectivity index (χ3n) is 1.11. The number of hydrogen-bond donors (Lipinski definition) is 2. The van der Waals surface area contributed by atoms with Crippen LogP contribution in [-0.4, -0.2) is 35.7 Å². The first-order valence-corrected chi connectivity index (χ1v) is 3.17. The zero-order valence-electron chi connectivity index (χ0n) is 5.92. The van der Waals surface area contributed by atoms with Gasteiger partial charge in [-0.1, -0.05) is 6.92 Å². The number of aliphatic hydroxyl groups is 1. The number of aliphatic hydroxyl groups excluding tert-OH is 1. The van der Waals surface area contributed by atoms with Crippen molar-refractivity contribution in [3.8, 4) is 0 Å². The van der Waals surface area contributed by atoms with E-state index in [1.54, 1.807) is 0 Å². The molecule has 0 spiro atoms. The Morgan fingerprint density at radius 1 is 1.60 bits per heavy atom. The summed E-state index contributed by atoms with van der Waals surface area (Å²) < 4.78 is 0. The molecular weight excluding hydrogens is 132 g/mol. The lowest BCUT2D eigenvalue weighted by molar-refractivity contribution is 0.186. The van der Waals surface area contributed by atoms with Gasteiger partial charge in [0.15, 0.2) is 0 Å². The molecule has 0 aliphatic carbocycles. The third-order valence-corrected chi connectivity index (χ3v) is 1.11. The van der Waals surface area contributed by atoms with Gasteiger partial charge in [-0.25, -0.2) is 4.79 Å². The van der Waals surface area contributed by atoms with Crippen molar-refractivity contribution in [2.24, 2.45) is 5.73 Å². The van der Waals surface area contributed by atoms with E-state index in [9.17, 15) is 4.79 Å². The van der Waals surface area contributed by atoms with Gasteiger partial charge in [0.25, 0.3) is 0 Å². The highest BCUT2D eigenvalue weighted by Gasteiger charge is 2.05. The Hall–Kier alpha value is -0.770. The van der Waals surface area contributed by atoms with Crippen LogP contribution in [0.5, 0.6) is 0 Å². The maximum atomic E-state index is 10.5. The van der Waals surface area contributed by atoms with Gasteiger partial charge in [0.1, 0.15) is 0 Å². The minimum Gasteiger partial charge on any atom is -0.395 e. The molecule has 0 aromatic rings. The predicted molar refractivity (Wildman–Crippen MR) is 38.2 cm³/mol. The summed E-state index contributed by atoms with van der Waals surface area (Å²) in [4.78, 5) is 11.8. The zero-order valence-corrected chi connectivity index (χ0v) is 5.92. The number of nitrogens with zero attached hydrogens (tertiary/aromatic N) is 1. The molecule has 0 aliphatic heterocycles. The molecule has 0 bridgehead atoms. The quantitative estimate of drug-likeness (QED) is 0.564. The molecule has 3 N–H and O–H groups in total. The molecule has 4 nitrogen and oxygen atoms in total. The van der Waals surface area contributed by atoms with Crippen molar-refractivity contribution in [1.29, 1.82) is 0 Å². The van der Waals surface area contributed by atoms with Crippen molar-refractivity contribution in [2.45, 2.75) is 6.42 Å². The first-order valence-electron chi connectivity index (χ1n) is 3.17. The van der Waals surface area contributed by atoms with Gasteiger partial charge in [-0.2, -0.15) is 0 Å². The van der Waals surface area contributed by atoms with Crippen molar-refractivity contribution < 1.29 is 9.90 Å². The van der Waals surface area contributed by atoms with Gasteiger partial charge in [0.2, 0.25) is 0 Å². The Bertz CT molecular complexity index is 99.9. The van der Waals surface area contributed by atoms with E-state index in [4.69, 9.17) is 10.8 Å². The summed E-state index contributed by atoms with van der Waals surface area (Å²) in [5.41, 5.74) is 4.96. The molecule has 0 unspecified atom stereocenters. The molecule has 0 atom stereocenters. The highest BCUT2D eigenvalue weighted by atomic mass is 16.3. The second-order valence-corrected chi connectivity index (χ2v) is 1.90. The van der Waals surface area contributed by atoms with Gasteiger partial charge in [0.05, 0.1) is 6.61 Å². The van der Waals surface area contributed by atoms with Crippen LogP contribution in [0.4, 0.5) is 4.79 Å². The van der Waals surface area contributed by atoms with Crippen molar-refractivity contribution in [2.75, 3.05) is 19.7 Å². The van der Waals surface area contributed by atoms with Crippen molar-refractivity contribution >= 4 is 6.03 Å². The normalized spacial score (nSPS) is 9.40. The lowest BCUT2D eigenvalue weighted by Gasteiger charge is -2.17. The maximum Gasteiger partial charge on any atom is 0.314 e. The van der Waals surface area contributed by atoms with E-state index in [1.807, 2.05) is 0 Å². The molecule has 0 aromatic carbocycles. The number of urea groups is 1. The molecule has 59 valence electrons. The number of carbonyl (C=O) groups excluding carboxylic acids is 1. The lowest BCUT2D eigenvalue weighted by Crippen LogP contribution is -2.38. The van der Waals surface area contributed by atoms with E-state index in [0.717, 1.165) is 0 Å². The Labute approximate surface area is 60.6 Å².